The summed E-state index contributed by atoms with van der Waals surface area (Å²) < 4.78 is 4.85. The Kier molecular flexibility index (Phi) is 1.42. The average Bonchev–Trinajstić information content (AvgIpc) is 2.64. The number of hydrogen-bond donors (Lipinski definition) is 0. The molecule has 0 saturated heterocycles. The van der Waals surface area contributed by atoms with Crippen LogP contribution in [0.5, 0.6) is 0 Å². The normalized spacial score (nSPS) is 55.4. The van der Waals surface area contributed by atoms with Crippen LogP contribution in [0.4, 0.5) is 0 Å². The third kappa shape index (κ3) is 0.800. The zero-order valence-electron chi connectivity index (χ0n) is 9.37. The maximum atomic E-state index is 12.0. The number of Topliss-reactive ketones (excluding diaryl/α,β-unsaturated/α-hetero) is 1. The van der Waals surface area contributed by atoms with Crippen molar-refractivity contribution in [1.82, 2.24) is 0 Å². The Morgan fingerprint density at radius 1 is 1.47 bits per heavy atom. The summed E-state index contributed by atoms with van der Waals surface area (Å²) in [6.07, 6.45) is 1.57. The van der Waals surface area contributed by atoms with E-state index < -0.39 is 5.41 Å². The highest BCUT2D eigenvalue weighted by Crippen LogP contribution is 2.80. The first-order valence-corrected chi connectivity index (χ1v) is 5.56. The largest absolute Gasteiger partial charge is 0.469 e. The molecule has 4 saturated carbocycles. The minimum atomic E-state index is -0.429. The van der Waals surface area contributed by atoms with Crippen molar-refractivity contribution in [3.63, 3.8) is 0 Å². The summed E-state index contributed by atoms with van der Waals surface area (Å²) in [6.45, 7) is 4.17. The fourth-order valence-corrected chi connectivity index (χ4v) is 4.46. The van der Waals surface area contributed by atoms with E-state index in [-0.39, 0.29) is 23.1 Å². The Balaban J connectivity index is 2.04. The second-order valence-corrected chi connectivity index (χ2v) is 5.86. The van der Waals surface area contributed by atoms with Crippen molar-refractivity contribution in [3.05, 3.63) is 0 Å². The van der Waals surface area contributed by atoms with Gasteiger partial charge in [0, 0.05) is 11.8 Å². The molecular weight excluding hydrogens is 192 g/mol. The van der Waals surface area contributed by atoms with Crippen LogP contribution in [-0.4, -0.2) is 18.9 Å². The Morgan fingerprint density at radius 3 is 2.73 bits per heavy atom. The predicted molar refractivity (Wildman–Crippen MR) is 52.9 cm³/mol. The van der Waals surface area contributed by atoms with Crippen LogP contribution in [0.25, 0.3) is 0 Å². The van der Waals surface area contributed by atoms with Crippen LogP contribution in [0.2, 0.25) is 0 Å². The van der Waals surface area contributed by atoms with E-state index in [0.717, 1.165) is 6.42 Å². The molecule has 4 bridgehead atoms. The van der Waals surface area contributed by atoms with Crippen LogP contribution in [0.1, 0.15) is 26.7 Å². The first-order chi connectivity index (χ1) is 6.95. The summed E-state index contributed by atoms with van der Waals surface area (Å²) in [5.41, 5.74) is -0.178. The SMILES string of the molecule is COC(=O)[C@@H]1[C@@H]2[C@@H]3CC(=O)[C@@]1(C)C[C@]23C. The topological polar surface area (TPSA) is 43.4 Å². The molecule has 0 aromatic carbocycles. The molecule has 3 nitrogen and oxygen atoms in total. The molecule has 0 heterocycles. The molecule has 4 fully saturated rings. The Hall–Kier alpha value is -0.860. The number of esters is 1. The van der Waals surface area contributed by atoms with Gasteiger partial charge in [-0.05, 0) is 23.7 Å². The van der Waals surface area contributed by atoms with E-state index in [4.69, 9.17) is 4.74 Å². The Labute approximate surface area is 89.2 Å². The molecule has 4 rings (SSSR count). The number of methoxy groups -OCH3 is 1. The highest BCUT2D eigenvalue weighted by atomic mass is 16.5. The van der Waals surface area contributed by atoms with Gasteiger partial charge in [0.05, 0.1) is 13.0 Å². The molecule has 4 aliphatic rings. The summed E-state index contributed by atoms with van der Waals surface area (Å²) in [5, 5.41) is 0. The van der Waals surface area contributed by atoms with Gasteiger partial charge in [0.25, 0.3) is 0 Å². The Bertz CT molecular complexity index is 375. The zero-order valence-corrected chi connectivity index (χ0v) is 9.37. The van der Waals surface area contributed by atoms with Gasteiger partial charge in [-0.25, -0.2) is 0 Å². The number of rotatable bonds is 1. The van der Waals surface area contributed by atoms with Crippen LogP contribution < -0.4 is 0 Å². The highest BCUT2D eigenvalue weighted by Gasteiger charge is 2.80. The van der Waals surface area contributed by atoms with Gasteiger partial charge in [0.1, 0.15) is 5.78 Å². The molecule has 4 aliphatic carbocycles. The Morgan fingerprint density at radius 2 is 2.13 bits per heavy atom. The molecule has 82 valence electrons. The van der Waals surface area contributed by atoms with E-state index in [9.17, 15) is 9.59 Å². The van der Waals surface area contributed by atoms with E-state index in [0.29, 0.717) is 18.3 Å². The highest BCUT2D eigenvalue weighted by molar-refractivity contribution is 5.94. The second-order valence-electron chi connectivity index (χ2n) is 5.86. The van der Waals surface area contributed by atoms with Gasteiger partial charge in [-0.1, -0.05) is 13.8 Å². The summed E-state index contributed by atoms with van der Waals surface area (Å²) in [5.74, 6) is 0.790. The lowest BCUT2D eigenvalue weighted by Crippen LogP contribution is -2.44. The number of carbonyl (C=O) groups is 2. The quantitative estimate of drug-likeness (QED) is 0.612. The second kappa shape index (κ2) is 2.28. The van der Waals surface area contributed by atoms with Gasteiger partial charge in [-0.2, -0.15) is 0 Å². The molecule has 0 N–H and O–H groups in total. The van der Waals surface area contributed by atoms with E-state index in [1.54, 1.807) is 0 Å². The van der Waals surface area contributed by atoms with Crippen LogP contribution in [0.3, 0.4) is 0 Å². The smallest absolute Gasteiger partial charge is 0.309 e. The molecule has 0 spiro atoms. The maximum Gasteiger partial charge on any atom is 0.309 e. The third-order valence-corrected chi connectivity index (χ3v) is 5.22. The van der Waals surface area contributed by atoms with Crippen LogP contribution >= 0.6 is 0 Å². The standard InChI is InChI=1S/C12H16O3/c1-11-5-12(2)7(13)4-6(11)8(11)9(12)10(14)15-3/h6,8-9H,4-5H2,1-3H3/t6-,8-,9-,11-,12+/m0/s1. The fraction of sp³-hybridized carbons (Fsp3) is 0.833. The molecule has 0 aliphatic heterocycles. The minimum Gasteiger partial charge on any atom is -0.469 e. The first kappa shape index (κ1) is 9.37. The van der Waals surface area contributed by atoms with Gasteiger partial charge in [-0.3, -0.25) is 9.59 Å². The van der Waals surface area contributed by atoms with Crippen LogP contribution in [-0.2, 0) is 14.3 Å². The maximum absolute atomic E-state index is 12.0. The molecule has 0 aromatic heterocycles. The van der Waals surface area contributed by atoms with Crippen LogP contribution in [0.15, 0.2) is 0 Å². The summed E-state index contributed by atoms with van der Waals surface area (Å²) in [4.78, 5) is 23.7. The molecule has 15 heavy (non-hydrogen) atoms. The molecule has 0 unspecified atom stereocenters. The summed E-state index contributed by atoms with van der Waals surface area (Å²) in [7, 11) is 1.42. The number of hydrogen-bond acceptors (Lipinski definition) is 3. The third-order valence-electron chi connectivity index (χ3n) is 5.22. The molecule has 5 atom stereocenters. The molecule has 3 heteroatoms. The average molecular weight is 208 g/mol. The van der Waals surface area contributed by atoms with Gasteiger partial charge < -0.3 is 4.74 Å². The van der Waals surface area contributed by atoms with Gasteiger partial charge in [0.15, 0.2) is 0 Å². The van der Waals surface area contributed by atoms with E-state index in [1.807, 2.05) is 6.92 Å². The fourth-order valence-electron chi connectivity index (χ4n) is 4.46. The minimum absolute atomic E-state index is 0.168. The van der Waals surface area contributed by atoms with Crippen molar-refractivity contribution < 1.29 is 14.3 Å². The lowest BCUT2D eigenvalue weighted by molar-refractivity contribution is -0.157. The van der Waals surface area contributed by atoms with Crippen LogP contribution in [0, 0.1) is 28.6 Å². The van der Waals surface area contributed by atoms with Crippen molar-refractivity contribution in [2.75, 3.05) is 7.11 Å². The van der Waals surface area contributed by atoms with Crippen molar-refractivity contribution in [3.8, 4) is 0 Å². The van der Waals surface area contributed by atoms with Crippen molar-refractivity contribution in [2.45, 2.75) is 26.7 Å². The molecule has 0 amide bonds. The number of ketones is 1. The van der Waals surface area contributed by atoms with Gasteiger partial charge in [-0.15, -0.1) is 0 Å². The van der Waals surface area contributed by atoms with E-state index >= 15 is 0 Å². The number of carbonyl (C=O) groups excluding carboxylic acids is 2. The lowest BCUT2D eigenvalue weighted by atomic mass is 9.64. The summed E-state index contributed by atoms with van der Waals surface area (Å²) >= 11 is 0. The monoisotopic (exact) mass is 208 g/mol. The van der Waals surface area contributed by atoms with Gasteiger partial charge >= 0.3 is 5.97 Å². The lowest BCUT2D eigenvalue weighted by Gasteiger charge is -2.37. The zero-order chi connectivity index (χ0) is 11.0. The molecule has 0 radical (unpaired) electrons. The van der Waals surface area contributed by atoms with E-state index in [1.165, 1.54) is 7.11 Å². The van der Waals surface area contributed by atoms with Crippen molar-refractivity contribution in [1.29, 1.82) is 0 Å². The van der Waals surface area contributed by atoms with Gasteiger partial charge in [0.2, 0.25) is 0 Å². The van der Waals surface area contributed by atoms with E-state index in [2.05, 4.69) is 6.92 Å². The van der Waals surface area contributed by atoms with Crippen molar-refractivity contribution in [2.24, 2.45) is 28.6 Å². The molecule has 0 aromatic rings. The molecular formula is C12H16O3. The first-order valence-electron chi connectivity index (χ1n) is 5.56. The van der Waals surface area contributed by atoms with Crippen molar-refractivity contribution >= 4 is 11.8 Å². The predicted octanol–water partition coefficient (Wildman–Crippen LogP) is 1.41. The number of fused-ring (bicyclic) bond motifs is 1. The summed E-state index contributed by atoms with van der Waals surface area (Å²) in [6, 6.07) is 0. The number of ether oxygens (including phenoxy) is 1.